The van der Waals surface area contributed by atoms with Gasteiger partial charge in [-0.05, 0) is 37.0 Å². The van der Waals surface area contributed by atoms with E-state index in [-0.39, 0.29) is 11.3 Å². The summed E-state index contributed by atoms with van der Waals surface area (Å²) in [5.74, 6) is -0.156. The van der Waals surface area contributed by atoms with Crippen LogP contribution in [0.2, 0.25) is 0 Å². The Kier molecular flexibility index (Phi) is 4.59. The predicted molar refractivity (Wildman–Crippen MR) is 86.7 cm³/mol. The van der Waals surface area contributed by atoms with Crippen LogP contribution in [0.1, 0.15) is 32.1 Å². The van der Waals surface area contributed by atoms with Gasteiger partial charge in [-0.1, -0.05) is 19.3 Å². The van der Waals surface area contributed by atoms with Gasteiger partial charge in [0.15, 0.2) is 16.1 Å². The van der Waals surface area contributed by atoms with Crippen molar-refractivity contribution >= 4 is 15.7 Å². The van der Waals surface area contributed by atoms with Gasteiger partial charge in [-0.2, -0.15) is 0 Å². The molecule has 2 heterocycles. The Hall–Kier alpha value is -1.60. The summed E-state index contributed by atoms with van der Waals surface area (Å²) in [5.41, 5.74) is 1.19. The van der Waals surface area contributed by atoms with Crippen molar-refractivity contribution in [1.29, 1.82) is 0 Å². The van der Waals surface area contributed by atoms with E-state index in [1.165, 1.54) is 25.3 Å². The number of nitrogens with one attached hydrogen (secondary N) is 2. The molecule has 1 fully saturated rings. The third-order valence-corrected chi connectivity index (χ3v) is 5.99. The minimum absolute atomic E-state index is 0.126. The summed E-state index contributed by atoms with van der Waals surface area (Å²) in [7, 11) is -3.21. The largest absolute Gasteiger partial charge is 0.369 e. The highest BCUT2D eigenvalue weighted by Gasteiger charge is 2.29. The number of allylic oxidation sites excluding steroid dienone is 3. The maximum atomic E-state index is 12.2. The summed E-state index contributed by atoms with van der Waals surface area (Å²) < 4.78 is 22.7. The van der Waals surface area contributed by atoms with Crippen LogP contribution in [0.3, 0.4) is 0 Å². The molecule has 0 spiro atoms. The summed E-state index contributed by atoms with van der Waals surface area (Å²) in [6.07, 6.45) is 9.74. The Balaban J connectivity index is 1.65. The number of amides is 1. The van der Waals surface area contributed by atoms with Crippen molar-refractivity contribution < 1.29 is 18.3 Å². The Labute approximate surface area is 136 Å². The fourth-order valence-electron chi connectivity index (χ4n) is 3.34. The lowest BCUT2D eigenvalue weighted by atomic mass is 9.85. The number of aliphatic hydroxyl groups is 1. The molecule has 1 saturated carbocycles. The maximum absolute atomic E-state index is 12.2. The topological polar surface area (TPSA) is 95.5 Å². The second-order valence-electron chi connectivity index (χ2n) is 6.36. The number of carbonyl (C=O) groups excluding carboxylic acids is 1. The molecule has 2 atom stereocenters. The van der Waals surface area contributed by atoms with Gasteiger partial charge in [0.25, 0.3) is 5.91 Å². The molecule has 3 aliphatic rings. The Morgan fingerprint density at radius 1 is 1.22 bits per heavy atom. The zero-order chi connectivity index (χ0) is 16.4. The van der Waals surface area contributed by atoms with Crippen LogP contribution in [0.5, 0.6) is 0 Å². The van der Waals surface area contributed by atoms with E-state index >= 15 is 0 Å². The van der Waals surface area contributed by atoms with Gasteiger partial charge in [0.2, 0.25) is 0 Å². The van der Waals surface area contributed by atoms with Gasteiger partial charge in [-0.15, -0.1) is 0 Å². The monoisotopic (exact) mass is 338 g/mol. The van der Waals surface area contributed by atoms with E-state index < -0.39 is 28.0 Å². The molecule has 0 aromatic carbocycles. The Bertz CT molecular complexity index is 672. The Morgan fingerprint density at radius 2 is 1.96 bits per heavy atom. The number of aliphatic hydroxyl groups excluding tert-OH is 1. The van der Waals surface area contributed by atoms with Crippen LogP contribution >= 0.6 is 0 Å². The van der Waals surface area contributed by atoms with Crippen LogP contribution in [0.15, 0.2) is 34.9 Å². The lowest BCUT2D eigenvalue weighted by Gasteiger charge is -2.30. The van der Waals surface area contributed by atoms with Gasteiger partial charge < -0.3 is 15.7 Å². The molecule has 1 amide bonds. The molecule has 0 aromatic rings. The normalized spacial score (nSPS) is 30.3. The van der Waals surface area contributed by atoms with Crippen molar-refractivity contribution in [3.05, 3.63) is 34.9 Å². The molecule has 1 unspecified atom stereocenters. The number of hydrogen-bond donors (Lipinski definition) is 3. The number of carbonyl (C=O) groups is 1. The van der Waals surface area contributed by atoms with Crippen molar-refractivity contribution in [2.45, 2.75) is 44.4 Å². The molecule has 0 bridgehead atoms. The average molecular weight is 338 g/mol. The van der Waals surface area contributed by atoms with Crippen LogP contribution in [0.4, 0.5) is 0 Å². The van der Waals surface area contributed by atoms with Crippen LogP contribution in [0, 0.1) is 5.92 Å². The number of rotatable bonds is 3. The van der Waals surface area contributed by atoms with E-state index in [1.54, 1.807) is 6.08 Å². The zero-order valence-corrected chi connectivity index (χ0v) is 13.7. The molecule has 23 heavy (non-hydrogen) atoms. The lowest BCUT2D eigenvalue weighted by molar-refractivity contribution is -0.118. The summed E-state index contributed by atoms with van der Waals surface area (Å²) in [5, 5.41) is 16.9. The number of dihydropyridines is 1. The fraction of sp³-hybridized carbons (Fsp3) is 0.562. The SMILES string of the molecule is O=C(N[C@@H]1C=CS(=O)(=O)C1)C1=CC=C(C2CCCCC2)NC1O. The van der Waals surface area contributed by atoms with Gasteiger partial charge >= 0.3 is 0 Å². The smallest absolute Gasteiger partial charge is 0.252 e. The van der Waals surface area contributed by atoms with E-state index in [1.807, 2.05) is 6.08 Å². The zero-order valence-electron chi connectivity index (χ0n) is 12.9. The second-order valence-corrected chi connectivity index (χ2v) is 8.30. The molecule has 126 valence electrons. The van der Waals surface area contributed by atoms with Crippen molar-refractivity contribution in [1.82, 2.24) is 10.6 Å². The molecule has 0 radical (unpaired) electrons. The predicted octanol–water partition coefficient (Wildman–Crippen LogP) is 0.725. The maximum Gasteiger partial charge on any atom is 0.252 e. The molecule has 0 saturated heterocycles. The average Bonchev–Trinajstić information content (AvgIpc) is 2.86. The van der Waals surface area contributed by atoms with E-state index in [2.05, 4.69) is 10.6 Å². The van der Waals surface area contributed by atoms with Gasteiger partial charge in [0.1, 0.15) is 0 Å². The minimum Gasteiger partial charge on any atom is -0.369 e. The molecule has 2 aliphatic heterocycles. The van der Waals surface area contributed by atoms with Crippen molar-refractivity contribution in [3.8, 4) is 0 Å². The Morgan fingerprint density at radius 3 is 2.57 bits per heavy atom. The first kappa shape index (κ1) is 16.3. The lowest BCUT2D eigenvalue weighted by Crippen LogP contribution is -2.44. The molecule has 1 aliphatic carbocycles. The fourth-order valence-corrected chi connectivity index (χ4v) is 4.57. The van der Waals surface area contributed by atoms with Crippen LogP contribution in [0.25, 0.3) is 0 Å². The first-order valence-electron chi connectivity index (χ1n) is 8.03. The number of hydrogen-bond acceptors (Lipinski definition) is 5. The molecule has 6 nitrogen and oxygen atoms in total. The highest BCUT2D eigenvalue weighted by atomic mass is 32.2. The third-order valence-electron chi connectivity index (χ3n) is 4.59. The van der Waals surface area contributed by atoms with E-state index in [0.29, 0.717) is 5.92 Å². The van der Waals surface area contributed by atoms with E-state index in [0.717, 1.165) is 23.9 Å². The molecular weight excluding hydrogens is 316 g/mol. The molecular formula is C16H22N2O4S. The van der Waals surface area contributed by atoms with Crippen LogP contribution < -0.4 is 10.6 Å². The van der Waals surface area contributed by atoms with E-state index in [9.17, 15) is 18.3 Å². The second kappa shape index (κ2) is 6.49. The van der Waals surface area contributed by atoms with Gasteiger partial charge in [0, 0.05) is 11.1 Å². The van der Waals surface area contributed by atoms with Crippen LogP contribution in [-0.2, 0) is 14.6 Å². The molecule has 0 aromatic heterocycles. The highest BCUT2D eigenvalue weighted by molar-refractivity contribution is 7.94. The van der Waals surface area contributed by atoms with Crippen LogP contribution in [-0.4, -0.2) is 37.5 Å². The quantitative estimate of drug-likeness (QED) is 0.705. The molecule has 3 rings (SSSR count). The first-order chi connectivity index (χ1) is 10.9. The summed E-state index contributed by atoms with van der Waals surface area (Å²) in [6, 6.07) is -0.538. The first-order valence-corrected chi connectivity index (χ1v) is 9.74. The van der Waals surface area contributed by atoms with Gasteiger partial charge in [-0.25, -0.2) is 8.42 Å². The molecule has 3 N–H and O–H groups in total. The van der Waals surface area contributed by atoms with Crippen molar-refractivity contribution in [2.75, 3.05) is 5.75 Å². The van der Waals surface area contributed by atoms with Gasteiger partial charge in [0.05, 0.1) is 17.4 Å². The standard InChI is InChI=1S/C16H22N2O4S/c19-15(17-12-8-9-23(21,22)10-12)13-6-7-14(18-16(13)20)11-4-2-1-3-5-11/h6-9,11-12,16,18,20H,1-5,10H2,(H,17,19)/t12-,16?/m1/s1. The number of sulfone groups is 1. The molecule has 7 heteroatoms. The minimum atomic E-state index is -3.21. The summed E-state index contributed by atoms with van der Waals surface area (Å²) in [6.45, 7) is 0. The van der Waals surface area contributed by atoms with Crippen molar-refractivity contribution in [2.24, 2.45) is 5.92 Å². The van der Waals surface area contributed by atoms with Crippen molar-refractivity contribution in [3.63, 3.8) is 0 Å². The summed E-state index contributed by atoms with van der Waals surface area (Å²) >= 11 is 0. The highest BCUT2D eigenvalue weighted by Crippen LogP contribution is 2.30. The summed E-state index contributed by atoms with van der Waals surface area (Å²) in [4.78, 5) is 12.2. The van der Waals surface area contributed by atoms with Gasteiger partial charge in [-0.3, -0.25) is 4.79 Å². The van der Waals surface area contributed by atoms with E-state index in [4.69, 9.17) is 0 Å². The third kappa shape index (κ3) is 3.84.